The molecule has 0 fully saturated rings. The van der Waals surface area contributed by atoms with E-state index in [0.29, 0.717) is 6.42 Å². The molecule has 78 valence electrons. The van der Waals surface area contributed by atoms with Gasteiger partial charge >= 0.3 is 0 Å². The number of hydrogen-bond acceptors (Lipinski definition) is 2. The first kappa shape index (κ1) is 12.3. The van der Waals surface area contributed by atoms with E-state index in [1.165, 1.54) is 0 Å². The van der Waals surface area contributed by atoms with E-state index in [9.17, 15) is 13.6 Å². The Kier molecular flexibility index (Phi) is 6.40. The molecule has 0 aliphatic rings. The average Bonchev–Trinajstić information content (AvgIpc) is 2.00. The van der Waals surface area contributed by atoms with Gasteiger partial charge in [-0.25, -0.2) is 8.78 Å². The highest BCUT2D eigenvalue weighted by atomic mass is 19.3. The van der Waals surface area contributed by atoms with E-state index in [1.807, 2.05) is 6.92 Å². The van der Waals surface area contributed by atoms with Gasteiger partial charge in [0.25, 0.3) is 6.43 Å². The summed E-state index contributed by atoms with van der Waals surface area (Å²) < 4.78 is 23.2. The van der Waals surface area contributed by atoms with Crippen molar-refractivity contribution in [3.8, 4) is 0 Å². The quantitative estimate of drug-likeness (QED) is 0.659. The maximum Gasteiger partial charge on any atom is 0.255 e. The monoisotopic (exact) mass is 194 g/mol. The highest BCUT2D eigenvalue weighted by Gasteiger charge is 2.06. The van der Waals surface area contributed by atoms with Crippen LogP contribution in [0.2, 0.25) is 0 Å². The zero-order valence-corrected chi connectivity index (χ0v) is 7.72. The largest absolute Gasteiger partial charge is 0.350 e. The Morgan fingerprint density at radius 3 is 2.62 bits per heavy atom. The number of rotatable bonds is 6. The Bertz CT molecular complexity index is 151. The molecule has 13 heavy (non-hydrogen) atoms. The fourth-order valence-electron chi connectivity index (χ4n) is 0.864. The van der Waals surface area contributed by atoms with Crippen LogP contribution >= 0.6 is 0 Å². The molecule has 0 saturated carbocycles. The minimum absolute atomic E-state index is 0.0582. The molecule has 0 aromatic heterocycles. The van der Waals surface area contributed by atoms with Gasteiger partial charge in [-0.3, -0.25) is 4.79 Å². The lowest BCUT2D eigenvalue weighted by molar-refractivity contribution is -0.121. The second-order valence-electron chi connectivity index (χ2n) is 3.06. The molecule has 0 aliphatic carbocycles. The topological polar surface area (TPSA) is 55.1 Å². The third-order valence-corrected chi connectivity index (χ3v) is 1.52. The maximum absolute atomic E-state index is 11.6. The molecule has 5 heteroatoms. The standard InChI is InChI=1S/C8H16F2N2O/c1-6(11)3-2-4-8(13)12-5-7(9)10/h6-7H,2-5,11H2,1H3,(H,12,13). The van der Waals surface area contributed by atoms with Gasteiger partial charge in [0.05, 0.1) is 6.54 Å². The minimum Gasteiger partial charge on any atom is -0.350 e. The first-order valence-corrected chi connectivity index (χ1v) is 4.32. The average molecular weight is 194 g/mol. The molecule has 1 unspecified atom stereocenters. The van der Waals surface area contributed by atoms with E-state index in [4.69, 9.17) is 5.73 Å². The first-order chi connectivity index (χ1) is 6.02. The molecule has 0 aromatic carbocycles. The second-order valence-corrected chi connectivity index (χ2v) is 3.06. The number of nitrogens with two attached hydrogens (primary N) is 1. The predicted molar refractivity (Wildman–Crippen MR) is 46.5 cm³/mol. The van der Waals surface area contributed by atoms with Crippen molar-refractivity contribution in [2.45, 2.75) is 38.7 Å². The lowest BCUT2D eigenvalue weighted by Crippen LogP contribution is -2.28. The van der Waals surface area contributed by atoms with Crippen LogP contribution in [0, 0.1) is 0 Å². The molecule has 0 heterocycles. The van der Waals surface area contributed by atoms with Crippen molar-refractivity contribution in [1.82, 2.24) is 5.32 Å². The SMILES string of the molecule is CC(N)CCCC(=O)NCC(F)F. The number of nitrogens with one attached hydrogen (secondary N) is 1. The van der Waals surface area contributed by atoms with E-state index >= 15 is 0 Å². The molecule has 0 spiro atoms. The van der Waals surface area contributed by atoms with Crippen LogP contribution in [0.4, 0.5) is 8.78 Å². The zero-order valence-electron chi connectivity index (χ0n) is 7.72. The molecule has 1 atom stereocenters. The predicted octanol–water partition coefficient (Wildman–Crippen LogP) is 0.885. The Morgan fingerprint density at radius 2 is 2.15 bits per heavy atom. The van der Waals surface area contributed by atoms with E-state index in [1.54, 1.807) is 0 Å². The van der Waals surface area contributed by atoms with Crippen LogP contribution in [0.25, 0.3) is 0 Å². The van der Waals surface area contributed by atoms with Gasteiger partial charge in [0.15, 0.2) is 0 Å². The number of hydrogen-bond donors (Lipinski definition) is 2. The summed E-state index contributed by atoms with van der Waals surface area (Å²) in [6.45, 7) is 1.29. The van der Waals surface area contributed by atoms with Gasteiger partial charge in [-0.05, 0) is 19.8 Å². The van der Waals surface area contributed by atoms with Crippen molar-refractivity contribution in [2.24, 2.45) is 5.73 Å². The molecule has 1 amide bonds. The van der Waals surface area contributed by atoms with Crippen molar-refractivity contribution in [3.63, 3.8) is 0 Å². The third-order valence-electron chi connectivity index (χ3n) is 1.52. The zero-order chi connectivity index (χ0) is 10.3. The summed E-state index contributed by atoms with van der Waals surface area (Å²) in [6.07, 6.45) is -0.819. The number of amides is 1. The minimum atomic E-state index is -2.47. The molecule has 3 N–H and O–H groups in total. The molecule has 0 radical (unpaired) electrons. The van der Waals surface area contributed by atoms with Gasteiger partial charge in [0.2, 0.25) is 5.91 Å². The summed E-state index contributed by atoms with van der Waals surface area (Å²) in [5.41, 5.74) is 5.45. The van der Waals surface area contributed by atoms with Crippen LogP contribution in [-0.4, -0.2) is 24.9 Å². The highest BCUT2D eigenvalue weighted by Crippen LogP contribution is 1.98. The molecule has 0 saturated heterocycles. The normalized spacial score (nSPS) is 13.0. The summed E-state index contributed by atoms with van der Waals surface area (Å²) in [7, 11) is 0. The van der Waals surface area contributed by atoms with Crippen LogP contribution in [0.1, 0.15) is 26.2 Å². The Morgan fingerprint density at radius 1 is 1.54 bits per heavy atom. The lowest BCUT2D eigenvalue weighted by atomic mass is 10.1. The molecular formula is C8H16F2N2O. The maximum atomic E-state index is 11.6. The smallest absolute Gasteiger partial charge is 0.255 e. The van der Waals surface area contributed by atoms with E-state index < -0.39 is 13.0 Å². The third kappa shape index (κ3) is 9.20. The molecular weight excluding hydrogens is 178 g/mol. The van der Waals surface area contributed by atoms with Gasteiger partial charge in [-0.15, -0.1) is 0 Å². The summed E-state index contributed by atoms with van der Waals surface area (Å²) in [6, 6.07) is 0.0582. The highest BCUT2D eigenvalue weighted by molar-refractivity contribution is 5.75. The van der Waals surface area contributed by atoms with Crippen LogP contribution in [0.15, 0.2) is 0 Å². The molecule has 3 nitrogen and oxygen atoms in total. The van der Waals surface area contributed by atoms with Gasteiger partial charge < -0.3 is 11.1 Å². The van der Waals surface area contributed by atoms with Gasteiger partial charge in [-0.2, -0.15) is 0 Å². The molecule has 0 rings (SSSR count). The van der Waals surface area contributed by atoms with Crippen molar-refractivity contribution in [1.29, 1.82) is 0 Å². The fraction of sp³-hybridized carbons (Fsp3) is 0.875. The Hall–Kier alpha value is -0.710. The summed E-state index contributed by atoms with van der Waals surface area (Å²) in [4.78, 5) is 10.8. The Balaban J connectivity index is 3.30. The molecule has 0 bridgehead atoms. The summed E-state index contributed by atoms with van der Waals surface area (Å²) in [5.74, 6) is -0.332. The summed E-state index contributed by atoms with van der Waals surface area (Å²) in [5, 5.41) is 2.13. The van der Waals surface area contributed by atoms with Crippen LogP contribution in [0.3, 0.4) is 0 Å². The van der Waals surface area contributed by atoms with Crippen LogP contribution in [-0.2, 0) is 4.79 Å². The van der Waals surface area contributed by atoms with Gasteiger partial charge in [0, 0.05) is 12.5 Å². The van der Waals surface area contributed by atoms with E-state index in [0.717, 1.165) is 6.42 Å². The number of carbonyl (C=O) groups is 1. The number of carbonyl (C=O) groups excluding carboxylic acids is 1. The molecule has 0 aliphatic heterocycles. The summed E-state index contributed by atoms with van der Waals surface area (Å²) >= 11 is 0. The Labute approximate surface area is 76.7 Å². The van der Waals surface area contributed by atoms with E-state index in [-0.39, 0.29) is 18.4 Å². The van der Waals surface area contributed by atoms with Crippen LogP contribution in [0.5, 0.6) is 0 Å². The van der Waals surface area contributed by atoms with Gasteiger partial charge in [-0.1, -0.05) is 0 Å². The van der Waals surface area contributed by atoms with Crippen molar-refractivity contribution >= 4 is 5.91 Å². The van der Waals surface area contributed by atoms with Crippen molar-refractivity contribution < 1.29 is 13.6 Å². The van der Waals surface area contributed by atoms with Crippen LogP contribution < -0.4 is 11.1 Å². The number of halogens is 2. The fourth-order valence-corrected chi connectivity index (χ4v) is 0.864. The number of alkyl halides is 2. The van der Waals surface area contributed by atoms with Crippen molar-refractivity contribution in [2.75, 3.05) is 6.54 Å². The van der Waals surface area contributed by atoms with Gasteiger partial charge in [0.1, 0.15) is 0 Å². The van der Waals surface area contributed by atoms with Crippen molar-refractivity contribution in [3.05, 3.63) is 0 Å². The molecule has 0 aromatic rings. The second kappa shape index (κ2) is 6.77. The lowest BCUT2D eigenvalue weighted by Gasteiger charge is -2.05. The van der Waals surface area contributed by atoms with E-state index in [2.05, 4.69) is 5.32 Å². The first-order valence-electron chi connectivity index (χ1n) is 4.32.